The summed E-state index contributed by atoms with van der Waals surface area (Å²) in [6.45, 7) is 3.28. The highest BCUT2D eigenvalue weighted by Crippen LogP contribution is 2.26. The van der Waals surface area contributed by atoms with E-state index in [0.29, 0.717) is 23.2 Å². The van der Waals surface area contributed by atoms with Crippen LogP contribution < -0.4 is 10.1 Å². The zero-order valence-electron chi connectivity index (χ0n) is 16.1. The van der Waals surface area contributed by atoms with Crippen LogP contribution in [0.2, 0.25) is 0 Å². The Bertz CT molecular complexity index is 956. The van der Waals surface area contributed by atoms with Crippen molar-refractivity contribution in [3.8, 4) is 5.75 Å². The predicted octanol–water partition coefficient (Wildman–Crippen LogP) is 5.38. The number of aromatic nitrogens is 2. The number of amides is 1. The van der Waals surface area contributed by atoms with E-state index in [1.165, 1.54) is 0 Å². The number of hydrogen-bond acceptors (Lipinski definition) is 5. The van der Waals surface area contributed by atoms with Gasteiger partial charge in [-0.15, -0.1) is 10.2 Å². The first-order valence-corrected chi connectivity index (χ1v) is 10.6. The number of carbonyl (C=O) groups excluding carboxylic acids is 1. The molecule has 0 unspecified atom stereocenters. The number of ether oxygens (including phenoxy) is 1. The van der Waals surface area contributed by atoms with Gasteiger partial charge in [-0.3, -0.25) is 4.79 Å². The minimum absolute atomic E-state index is 0.268. The summed E-state index contributed by atoms with van der Waals surface area (Å²) in [5.41, 5.74) is 1.94. The zero-order valence-corrected chi connectivity index (χ0v) is 17.7. The van der Waals surface area contributed by atoms with Gasteiger partial charge < -0.3 is 10.1 Å². The molecule has 0 spiro atoms. The Hall–Kier alpha value is -2.70. The van der Waals surface area contributed by atoms with Crippen LogP contribution >= 0.6 is 22.9 Å². The summed E-state index contributed by atoms with van der Waals surface area (Å²) >= 11 is 7.54. The standard InChI is InChI=1S/C22H22ClN3O2S/c1-2-3-13-28-18-11-9-16(10-12-18)14-19(23)21-25-26-22(29-21)20(27)24-15-17-7-5-4-6-8-17/h4-12,14H,2-3,13,15H2,1H3,(H,24,27)/b19-14-. The maximum atomic E-state index is 12.3. The van der Waals surface area contributed by atoms with Gasteiger partial charge in [0, 0.05) is 6.54 Å². The van der Waals surface area contributed by atoms with Crippen LogP contribution in [0.3, 0.4) is 0 Å². The molecule has 0 aliphatic carbocycles. The summed E-state index contributed by atoms with van der Waals surface area (Å²) in [5.74, 6) is 0.565. The van der Waals surface area contributed by atoms with Gasteiger partial charge in [0.1, 0.15) is 5.75 Å². The topological polar surface area (TPSA) is 64.1 Å². The van der Waals surface area contributed by atoms with Gasteiger partial charge in [0.25, 0.3) is 5.91 Å². The number of unbranched alkanes of at least 4 members (excludes halogenated alkanes) is 1. The Kier molecular flexibility index (Phi) is 7.78. The highest BCUT2D eigenvalue weighted by atomic mass is 35.5. The highest BCUT2D eigenvalue weighted by molar-refractivity contribution is 7.15. The Morgan fingerprint density at radius 3 is 2.55 bits per heavy atom. The van der Waals surface area contributed by atoms with Gasteiger partial charge in [-0.25, -0.2) is 0 Å². The Balaban J connectivity index is 1.59. The second kappa shape index (κ2) is 10.7. The Morgan fingerprint density at radius 1 is 1.10 bits per heavy atom. The number of carbonyl (C=O) groups is 1. The van der Waals surface area contributed by atoms with Crippen molar-refractivity contribution in [3.05, 3.63) is 75.7 Å². The van der Waals surface area contributed by atoms with Crippen LogP contribution in [0.5, 0.6) is 5.75 Å². The number of benzene rings is 2. The highest BCUT2D eigenvalue weighted by Gasteiger charge is 2.14. The molecule has 1 aromatic heterocycles. The second-order valence-electron chi connectivity index (χ2n) is 6.34. The molecule has 29 heavy (non-hydrogen) atoms. The Morgan fingerprint density at radius 2 is 1.83 bits per heavy atom. The number of hydrogen-bond donors (Lipinski definition) is 1. The molecule has 1 heterocycles. The largest absolute Gasteiger partial charge is 0.494 e. The molecule has 3 rings (SSSR count). The number of nitrogens with one attached hydrogen (secondary N) is 1. The third-order valence-corrected chi connectivity index (χ3v) is 5.42. The maximum absolute atomic E-state index is 12.3. The van der Waals surface area contributed by atoms with Crippen molar-refractivity contribution in [2.45, 2.75) is 26.3 Å². The monoisotopic (exact) mass is 427 g/mol. The minimum atomic E-state index is -0.268. The van der Waals surface area contributed by atoms with E-state index in [2.05, 4.69) is 22.4 Å². The number of halogens is 1. The molecule has 1 N–H and O–H groups in total. The number of nitrogens with zero attached hydrogens (tertiary/aromatic N) is 2. The predicted molar refractivity (Wildman–Crippen MR) is 118 cm³/mol. The molecule has 2 aromatic carbocycles. The Labute approximate surface area is 179 Å². The molecule has 7 heteroatoms. The molecule has 0 fully saturated rings. The molecule has 0 aliphatic rings. The van der Waals surface area contributed by atoms with E-state index in [1.807, 2.05) is 54.6 Å². The third-order valence-electron chi connectivity index (χ3n) is 4.06. The fraction of sp³-hybridized carbons (Fsp3) is 0.227. The van der Waals surface area contributed by atoms with Gasteiger partial charge in [0.15, 0.2) is 5.01 Å². The lowest BCUT2D eigenvalue weighted by molar-refractivity contribution is 0.0950. The molecule has 150 valence electrons. The van der Waals surface area contributed by atoms with Gasteiger partial charge in [0.2, 0.25) is 5.01 Å². The minimum Gasteiger partial charge on any atom is -0.494 e. The molecule has 0 saturated carbocycles. The van der Waals surface area contributed by atoms with E-state index in [9.17, 15) is 4.79 Å². The van der Waals surface area contributed by atoms with Crippen molar-refractivity contribution >= 4 is 40.0 Å². The fourth-order valence-corrected chi connectivity index (χ4v) is 3.42. The lowest BCUT2D eigenvalue weighted by Crippen LogP contribution is -2.22. The zero-order chi connectivity index (χ0) is 20.5. The van der Waals surface area contributed by atoms with Crippen LogP contribution in [0.25, 0.3) is 11.1 Å². The van der Waals surface area contributed by atoms with Gasteiger partial charge in [0.05, 0.1) is 11.6 Å². The summed E-state index contributed by atoms with van der Waals surface area (Å²) in [5, 5.41) is 12.0. The van der Waals surface area contributed by atoms with Gasteiger partial charge >= 0.3 is 0 Å². The summed E-state index contributed by atoms with van der Waals surface area (Å²) in [7, 11) is 0. The van der Waals surface area contributed by atoms with E-state index in [4.69, 9.17) is 16.3 Å². The molecular weight excluding hydrogens is 406 g/mol. The molecule has 1 amide bonds. The smallest absolute Gasteiger partial charge is 0.282 e. The fourth-order valence-electron chi connectivity index (χ4n) is 2.47. The maximum Gasteiger partial charge on any atom is 0.282 e. The van der Waals surface area contributed by atoms with Crippen molar-refractivity contribution in [3.63, 3.8) is 0 Å². The molecule has 5 nitrogen and oxygen atoms in total. The first-order valence-electron chi connectivity index (χ1n) is 9.41. The van der Waals surface area contributed by atoms with Gasteiger partial charge in [-0.05, 0) is 35.8 Å². The van der Waals surface area contributed by atoms with Crippen LogP contribution in [-0.2, 0) is 6.54 Å². The van der Waals surface area contributed by atoms with Crippen LogP contribution in [0.1, 0.15) is 45.7 Å². The summed E-state index contributed by atoms with van der Waals surface area (Å²) in [6, 6.07) is 17.4. The van der Waals surface area contributed by atoms with Crippen molar-refractivity contribution in [2.75, 3.05) is 6.61 Å². The van der Waals surface area contributed by atoms with Gasteiger partial charge in [-0.1, -0.05) is 78.7 Å². The molecule has 0 atom stereocenters. The molecule has 0 bridgehead atoms. The van der Waals surface area contributed by atoms with E-state index >= 15 is 0 Å². The van der Waals surface area contributed by atoms with Crippen LogP contribution in [0.4, 0.5) is 0 Å². The van der Waals surface area contributed by atoms with Crippen LogP contribution in [0.15, 0.2) is 54.6 Å². The summed E-state index contributed by atoms with van der Waals surface area (Å²) in [6.07, 6.45) is 3.93. The van der Waals surface area contributed by atoms with Crippen molar-refractivity contribution < 1.29 is 9.53 Å². The second-order valence-corrected chi connectivity index (χ2v) is 7.73. The van der Waals surface area contributed by atoms with Crippen molar-refractivity contribution in [1.82, 2.24) is 15.5 Å². The first-order chi connectivity index (χ1) is 14.2. The summed E-state index contributed by atoms with van der Waals surface area (Å²) in [4.78, 5) is 12.3. The third kappa shape index (κ3) is 6.41. The lowest BCUT2D eigenvalue weighted by atomic mass is 10.2. The molecule has 0 saturated heterocycles. The molecular formula is C22H22ClN3O2S. The summed E-state index contributed by atoms with van der Waals surface area (Å²) < 4.78 is 5.66. The van der Waals surface area contributed by atoms with E-state index < -0.39 is 0 Å². The average Bonchev–Trinajstić information content (AvgIpc) is 3.25. The number of rotatable bonds is 9. The molecule has 0 aliphatic heterocycles. The molecule has 0 radical (unpaired) electrons. The lowest BCUT2D eigenvalue weighted by Gasteiger charge is -2.05. The van der Waals surface area contributed by atoms with Crippen LogP contribution in [0, 0.1) is 0 Å². The average molecular weight is 428 g/mol. The normalized spacial score (nSPS) is 11.3. The first kappa shape index (κ1) is 21.0. The van der Waals surface area contributed by atoms with E-state index in [-0.39, 0.29) is 10.9 Å². The van der Waals surface area contributed by atoms with E-state index in [1.54, 1.807) is 6.08 Å². The quantitative estimate of drug-likeness (QED) is 0.465. The van der Waals surface area contributed by atoms with Gasteiger partial charge in [-0.2, -0.15) is 0 Å². The SMILES string of the molecule is CCCCOc1ccc(/C=C(\Cl)c2nnc(C(=O)NCc3ccccc3)s2)cc1. The van der Waals surface area contributed by atoms with Crippen LogP contribution in [-0.4, -0.2) is 22.7 Å². The van der Waals surface area contributed by atoms with E-state index in [0.717, 1.165) is 41.1 Å². The van der Waals surface area contributed by atoms with Crippen molar-refractivity contribution in [1.29, 1.82) is 0 Å². The van der Waals surface area contributed by atoms with Crippen molar-refractivity contribution in [2.24, 2.45) is 0 Å². The molecule has 3 aromatic rings.